The van der Waals surface area contributed by atoms with E-state index in [2.05, 4.69) is 10.6 Å². The number of fused-ring (bicyclic) bond motifs is 1. The van der Waals surface area contributed by atoms with Crippen molar-refractivity contribution in [3.05, 3.63) is 27.8 Å². The Bertz CT molecular complexity index is 568. The minimum Gasteiger partial charge on any atom is -0.486 e. The summed E-state index contributed by atoms with van der Waals surface area (Å²) in [7, 11) is 0. The second-order valence-corrected chi connectivity index (χ2v) is 4.78. The second kappa shape index (κ2) is 9.16. The highest BCUT2D eigenvalue weighted by molar-refractivity contribution is 5.99. The van der Waals surface area contributed by atoms with Crippen molar-refractivity contribution in [2.45, 2.75) is 13.3 Å². The Morgan fingerprint density at radius 2 is 1.87 bits per heavy atom. The number of carbonyl (C=O) groups is 1. The van der Waals surface area contributed by atoms with E-state index in [-0.39, 0.29) is 23.7 Å². The number of hydrogen-bond acceptors (Lipinski definition) is 6. The molecule has 0 unspecified atom stereocenters. The number of nitro benzene ring substituents is 1. The summed E-state index contributed by atoms with van der Waals surface area (Å²) in [5.74, 6) is 0.146. The second-order valence-electron chi connectivity index (χ2n) is 4.78. The van der Waals surface area contributed by atoms with Crippen molar-refractivity contribution in [3.63, 3.8) is 0 Å². The smallest absolute Gasteiger partial charge is 0.286 e. The van der Waals surface area contributed by atoms with Gasteiger partial charge in [-0.2, -0.15) is 0 Å². The fourth-order valence-corrected chi connectivity index (χ4v) is 2.07. The van der Waals surface area contributed by atoms with Crippen molar-refractivity contribution in [3.8, 4) is 11.5 Å². The van der Waals surface area contributed by atoms with Crippen LogP contribution in [-0.4, -0.2) is 43.7 Å². The zero-order valence-corrected chi connectivity index (χ0v) is 13.6. The molecule has 0 aromatic heterocycles. The molecule has 0 aliphatic carbocycles. The number of hydrogen-bond donors (Lipinski definition) is 2. The van der Waals surface area contributed by atoms with Crippen LogP contribution in [0.1, 0.15) is 23.7 Å². The Labute approximate surface area is 140 Å². The summed E-state index contributed by atoms with van der Waals surface area (Å²) in [6.45, 7) is 4.60. The highest BCUT2D eigenvalue weighted by atomic mass is 35.5. The molecular formula is C14H20ClN3O5. The van der Waals surface area contributed by atoms with Gasteiger partial charge in [0.2, 0.25) is 0 Å². The van der Waals surface area contributed by atoms with Crippen LogP contribution in [0.5, 0.6) is 11.5 Å². The van der Waals surface area contributed by atoms with Crippen molar-refractivity contribution in [1.82, 2.24) is 10.6 Å². The first-order valence-electron chi connectivity index (χ1n) is 7.20. The standard InChI is InChI=1S/C14H19N3O5.ClH/c1-2-3-15-4-5-16-14(18)10-8-12-13(22-7-6-21-12)9-11(10)17(19)20;/h8-9,15H,2-7H2,1H3,(H,16,18);1H. The fourth-order valence-electron chi connectivity index (χ4n) is 2.07. The minimum absolute atomic E-state index is 0. The average molecular weight is 346 g/mol. The molecule has 1 amide bonds. The topological polar surface area (TPSA) is 103 Å². The van der Waals surface area contributed by atoms with Crippen LogP contribution in [0, 0.1) is 10.1 Å². The first-order chi connectivity index (χ1) is 10.6. The minimum atomic E-state index is -0.595. The molecule has 1 heterocycles. The van der Waals surface area contributed by atoms with Gasteiger partial charge in [-0.3, -0.25) is 14.9 Å². The van der Waals surface area contributed by atoms with Crippen LogP contribution < -0.4 is 20.1 Å². The number of halogens is 1. The molecule has 0 atom stereocenters. The van der Waals surface area contributed by atoms with Gasteiger partial charge >= 0.3 is 0 Å². The summed E-state index contributed by atoms with van der Waals surface area (Å²) < 4.78 is 10.7. The molecule has 1 aliphatic rings. The third-order valence-electron chi connectivity index (χ3n) is 3.12. The highest BCUT2D eigenvalue weighted by Crippen LogP contribution is 2.36. The molecule has 1 aliphatic heterocycles. The number of nitrogens with zero attached hydrogens (tertiary/aromatic N) is 1. The lowest BCUT2D eigenvalue weighted by molar-refractivity contribution is -0.385. The SMILES string of the molecule is CCCNCCNC(=O)c1cc2c(cc1[N+](=O)[O-])OCCO2.Cl. The van der Waals surface area contributed by atoms with Gasteiger partial charge in [0, 0.05) is 19.2 Å². The first kappa shape index (κ1) is 19.0. The van der Waals surface area contributed by atoms with Crippen LogP contribution in [0.15, 0.2) is 12.1 Å². The van der Waals surface area contributed by atoms with E-state index in [0.717, 1.165) is 13.0 Å². The predicted octanol–water partition coefficient (Wildman–Crippen LogP) is 1.52. The van der Waals surface area contributed by atoms with E-state index in [1.165, 1.54) is 12.1 Å². The normalized spacial score (nSPS) is 12.2. The number of carbonyl (C=O) groups excluding carboxylic acids is 1. The van der Waals surface area contributed by atoms with E-state index in [4.69, 9.17) is 9.47 Å². The van der Waals surface area contributed by atoms with Crippen molar-refractivity contribution in [2.75, 3.05) is 32.8 Å². The highest BCUT2D eigenvalue weighted by Gasteiger charge is 2.26. The average Bonchev–Trinajstić information content (AvgIpc) is 2.53. The Kier molecular flexibility index (Phi) is 7.56. The molecule has 0 saturated heterocycles. The number of rotatable bonds is 7. The number of nitro groups is 1. The van der Waals surface area contributed by atoms with Gasteiger partial charge in [0.25, 0.3) is 11.6 Å². The van der Waals surface area contributed by atoms with Gasteiger partial charge in [-0.25, -0.2) is 0 Å². The summed E-state index contributed by atoms with van der Waals surface area (Å²) in [5.41, 5.74) is -0.312. The molecule has 0 fully saturated rings. The van der Waals surface area contributed by atoms with Crippen LogP contribution in [0.25, 0.3) is 0 Å². The van der Waals surface area contributed by atoms with Gasteiger partial charge in [-0.15, -0.1) is 12.4 Å². The maximum Gasteiger partial charge on any atom is 0.286 e. The molecule has 1 aromatic carbocycles. The Morgan fingerprint density at radius 1 is 1.22 bits per heavy atom. The Morgan fingerprint density at radius 3 is 2.48 bits per heavy atom. The lowest BCUT2D eigenvalue weighted by Gasteiger charge is -2.18. The summed E-state index contributed by atoms with van der Waals surface area (Å²) >= 11 is 0. The molecule has 8 nitrogen and oxygen atoms in total. The van der Waals surface area contributed by atoms with Crippen LogP contribution >= 0.6 is 12.4 Å². The summed E-state index contributed by atoms with van der Waals surface area (Å²) in [6, 6.07) is 2.60. The van der Waals surface area contributed by atoms with Crippen LogP contribution in [0.3, 0.4) is 0 Å². The molecule has 9 heteroatoms. The Balaban J connectivity index is 0.00000264. The van der Waals surface area contributed by atoms with Crippen molar-refractivity contribution >= 4 is 24.0 Å². The van der Waals surface area contributed by atoms with E-state index in [9.17, 15) is 14.9 Å². The van der Waals surface area contributed by atoms with Crippen molar-refractivity contribution in [2.24, 2.45) is 0 Å². The van der Waals surface area contributed by atoms with E-state index in [1.54, 1.807) is 0 Å². The number of ether oxygens (including phenoxy) is 2. The van der Waals surface area contributed by atoms with E-state index < -0.39 is 10.8 Å². The molecule has 2 rings (SSSR count). The molecular weight excluding hydrogens is 326 g/mol. The van der Waals surface area contributed by atoms with Gasteiger partial charge in [0.05, 0.1) is 11.0 Å². The van der Waals surface area contributed by atoms with E-state index >= 15 is 0 Å². The van der Waals surface area contributed by atoms with Gasteiger partial charge in [0.1, 0.15) is 18.8 Å². The van der Waals surface area contributed by atoms with Crippen molar-refractivity contribution < 1.29 is 19.2 Å². The molecule has 23 heavy (non-hydrogen) atoms. The molecule has 1 aromatic rings. The summed E-state index contributed by atoms with van der Waals surface area (Å²) in [5, 5.41) is 16.9. The fraction of sp³-hybridized carbons (Fsp3) is 0.500. The van der Waals surface area contributed by atoms with E-state index in [1.807, 2.05) is 6.92 Å². The molecule has 0 radical (unpaired) electrons. The maximum atomic E-state index is 12.1. The summed E-state index contributed by atoms with van der Waals surface area (Å²) in [4.78, 5) is 22.7. The number of amides is 1. The van der Waals surface area contributed by atoms with Gasteiger partial charge in [-0.05, 0) is 13.0 Å². The maximum absolute atomic E-state index is 12.1. The molecule has 0 bridgehead atoms. The third-order valence-corrected chi connectivity index (χ3v) is 3.12. The van der Waals surface area contributed by atoms with Crippen molar-refractivity contribution in [1.29, 1.82) is 0 Å². The summed E-state index contributed by atoms with van der Waals surface area (Å²) in [6.07, 6.45) is 1.00. The molecule has 128 valence electrons. The third kappa shape index (κ3) is 4.97. The van der Waals surface area contributed by atoms with Crippen LogP contribution in [-0.2, 0) is 0 Å². The predicted molar refractivity (Wildman–Crippen MR) is 86.8 cm³/mol. The van der Waals surface area contributed by atoms with Gasteiger partial charge in [-0.1, -0.05) is 6.92 Å². The number of nitrogens with one attached hydrogen (secondary N) is 2. The number of benzene rings is 1. The molecule has 2 N–H and O–H groups in total. The Hall–Kier alpha value is -2.06. The van der Waals surface area contributed by atoms with E-state index in [0.29, 0.717) is 37.8 Å². The zero-order valence-electron chi connectivity index (χ0n) is 12.8. The lowest BCUT2D eigenvalue weighted by atomic mass is 10.1. The first-order valence-corrected chi connectivity index (χ1v) is 7.20. The quantitative estimate of drug-likeness (QED) is 0.441. The van der Waals surface area contributed by atoms with Crippen LogP contribution in [0.4, 0.5) is 5.69 Å². The van der Waals surface area contributed by atoms with Gasteiger partial charge in [0.15, 0.2) is 11.5 Å². The zero-order chi connectivity index (χ0) is 15.9. The lowest BCUT2D eigenvalue weighted by Crippen LogP contribution is -2.32. The molecule has 0 spiro atoms. The van der Waals surface area contributed by atoms with Gasteiger partial charge < -0.3 is 20.1 Å². The largest absolute Gasteiger partial charge is 0.486 e. The van der Waals surface area contributed by atoms with Crippen LogP contribution in [0.2, 0.25) is 0 Å². The monoisotopic (exact) mass is 345 g/mol. The molecule has 0 saturated carbocycles.